The fourth-order valence-electron chi connectivity index (χ4n) is 0.538. The van der Waals surface area contributed by atoms with Gasteiger partial charge in [-0.3, -0.25) is 5.41 Å². The number of nitrogens with zero attached hydrogens (tertiary/aromatic N) is 3. The zero-order chi connectivity index (χ0) is 9.56. The average molecular weight is 172 g/mol. The number of aliphatic hydroxyl groups is 1. The molecule has 0 amide bonds. The van der Waals surface area contributed by atoms with Crippen molar-refractivity contribution in [1.82, 2.24) is 0 Å². The summed E-state index contributed by atoms with van der Waals surface area (Å²) in [7, 11) is 0. The minimum absolute atomic E-state index is 0.254. The molecule has 0 saturated heterocycles. The second-order valence-corrected chi connectivity index (χ2v) is 2.03. The molecule has 0 aliphatic rings. The Morgan fingerprint density at radius 2 is 2.33 bits per heavy atom. The number of carbonyl (C=O) groups is 1. The van der Waals surface area contributed by atoms with Crippen molar-refractivity contribution >= 4 is 11.7 Å². The van der Waals surface area contributed by atoms with Crippen LogP contribution in [0.5, 0.6) is 0 Å². The lowest BCUT2D eigenvalue weighted by Crippen LogP contribution is -2.20. The smallest absolute Gasteiger partial charge is 0.349 e. The molecular formula is C5H8N4O3. The fourth-order valence-corrected chi connectivity index (χ4v) is 0.538. The number of nitrogens with one attached hydrogen (secondary N) is 1. The van der Waals surface area contributed by atoms with E-state index < -0.39 is 24.3 Å². The van der Waals surface area contributed by atoms with Crippen LogP contribution in [0.4, 0.5) is 0 Å². The Hall–Kier alpha value is -1.59. The highest BCUT2D eigenvalue weighted by molar-refractivity contribution is 6.34. The molecule has 0 bridgehead atoms. The summed E-state index contributed by atoms with van der Waals surface area (Å²) < 4.78 is 0. The van der Waals surface area contributed by atoms with Crippen LogP contribution in [0.1, 0.15) is 6.42 Å². The number of azide groups is 1. The van der Waals surface area contributed by atoms with Gasteiger partial charge in [0.25, 0.3) is 0 Å². The molecular weight excluding hydrogens is 164 g/mol. The SMILES string of the molecule is [N-]=[N+]=N[C@H](CO)CC(=N)C(=O)O. The van der Waals surface area contributed by atoms with Gasteiger partial charge in [-0.25, -0.2) is 4.79 Å². The summed E-state index contributed by atoms with van der Waals surface area (Å²) in [6, 6.07) is -0.862. The number of carboxylic acid groups (broad SMARTS) is 1. The van der Waals surface area contributed by atoms with E-state index in [0.717, 1.165) is 0 Å². The van der Waals surface area contributed by atoms with E-state index in [0.29, 0.717) is 0 Å². The lowest BCUT2D eigenvalue weighted by Gasteiger charge is -2.04. The zero-order valence-electron chi connectivity index (χ0n) is 6.14. The Morgan fingerprint density at radius 3 is 2.67 bits per heavy atom. The second-order valence-electron chi connectivity index (χ2n) is 2.03. The Labute approximate surface area is 67.8 Å². The van der Waals surface area contributed by atoms with Crippen LogP contribution in [0.2, 0.25) is 0 Å². The van der Waals surface area contributed by atoms with Gasteiger partial charge in [-0.15, -0.1) is 0 Å². The summed E-state index contributed by atoms with van der Waals surface area (Å²) in [4.78, 5) is 12.5. The molecule has 7 nitrogen and oxygen atoms in total. The fraction of sp³-hybridized carbons (Fsp3) is 0.600. The number of aliphatic carboxylic acids is 1. The lowest BCUT2D eigenvalue weighted by atomic mass is 10.1. The van der Waals surface area contributed by atoms with Crippen molar-refractivity contribution in [2.75, 3.05) is 6.61 Å². The molecule has 0 aromatic carbocycles. The number of hydrogen-bond donors (Lipinski definition) is 3. The molecule has 0 spiro atoms. The normalized spacial score (nSPS) is 11.4. The largest absolute Gasteiger partial charge is 0.477 e. The molecule has 1 atom stereocenters. The highest BCUT2D eigenvalue weighted by Gasteiger charge is 2.13. The van der Waals surface area contributed by atoms with Gasteiger partial charge in [-0.05, 0) is 5.53 Å². The van der Waals surface area contributed by atoms with Gasteiger partial charge >= 0.3 is 5.97 Å². The van der Waals surface area contributed by atoms with Crippen molar-refractivity contribution in [1.29, 1.82) is 5.41 Å². The van der Waals surface area contributed by atoms with E-state index in [9.17, 15) is 4.79 Å². The third kappa shape index (κ3) is 3.55. The molecule has 3 N–H and O–H groups in total. The van der Waals surface area contributed by atoms with Gasteiger partial charge in [0.05, 0.1) is 12.6 Å². The first kappa shape index (κ1) is 10.4. The molecule has 0 saturated carbocycles. The van der Waals surface area contributed by atoms with Gasteiger partial charge < -0.3 is 10.2 Å². The summed E-state index contributed by atoms with van der Waals surface area (Å²) in [5, 5.41) is 26.7. The minimum atomic E-state index is -1.37. The van der Waals surface area contributed by atoms with Gasteiger partial charge in [-0.2, -0.15) is 0 Å². The summed E-state index contributed by atoms with van der Waals surface area (Å²) in [6.45, 7) is -0.459. The Bertz CT molecular complexity index is 233. The van der Waals surface area contributed by atoms with Crippen molar-refractivity contribution < 1.29 is 15.0 Å². The van der Waals surface area contributed by atoms with Gasteiger partial charge in [0.15, 0.2) is 0 Å². The maximum Gasteiger partial charge on any atom is 0.349 e. The maximum absolute atomic E-state index is 10.1. The minimum Gasteiger partial charge on any atom is -0.477 e. The monoisotopic (exact) mass is 172 g/mol. The maximum atomic E-state index is 10.1. The molecule has 12 heavy (non-hydrogen) atoms. The van der Waals surface area contributed by atoms with Crippen LogP contribution in [0.3, 0.4) is 0 Å². The lowest BCUT2D eigenvalue weighted by molar-refractivity contribution is -0.129. The average Bonchev–Trinajstić information content (AvgIpc) is 2.03. The molecule has 0 radical (unpaired) electrons. The van der Waals surface area contributed by atoms with Crippen LogP contribution >= 0.6 is 0 Å². The van der Waals surface area contributed by atoms with E-state index in [4.69, 9.17) is 21.2 Å². The summed E-state index contributed by atoms with van der Waals surface area (Å²) in [6.07, 6.45) is -0.254. The van der Waals surface area contributed by atoms with Crippen LogP contribution in [-0.4, -0.2) is 34.5 Å². The second kappa shape index (κ2) is 5.11. The van der Waals surface area contributed by atoms with Gasteiger partial charge in [0.2, 0.25) is 0 Å². The number of carboxylic acids is 1. The molecule has 0 heterocycles. The van der Waals surface area contributed by atoms with E-state index in [1.54, 1.807) is 0 Å². The molecule has 0 aliphatic heterocycles. The van der Waals surface area contributed by atoms with Gasteiger partial charge in [-0.1, -0.05) is 5.11 Å². The topological polar surface area (TPSA) is 130 Å². The molecule has 0 rings (SSSR count). The molecule has 0 fully saturated rings. The van der Waals surface area contributed by atoms with Crippen molar-refractivity contribution in [2.45, 2.75) is 12.5 Å². The third-order valence-electron chi connectivity index (χ3n) is 1.12. The summed E-state index contributed by atoms with van der Waals surface area (Å²) in [5.74, 6) is -1.37. The van der Waals surface area contributed by atoms with Gasteiger partial charge in [0, 0.05) is 11.3 Å². The van der Waals surface area contributed by atoms with E-state index in [1.807, 2.05) is 0 Å². The van der Waals surface area contributed by atoms with Crippen molar-refractivity contribution in [3.63, 3.8) is 0 Å². The quantitative estimate of drug-likeness (QED) is 0.236. The number of aliphatic hydroxyl groups excluding tert-OH is 1. The standard InChI is InChI=1S/C5H8N4O3/c6-4(5(11)12)1-3(2-10)8-9-7/h3,6,10H,1-2H2,(H,11,12)/t3-/m0/s1. The van der Waals surface area contributed by atoms with Crippen LogP contribution in [0, 0.1) is 5.41 Å². The number of hydrogen-bond acceptors (Lipinski definition) is 4. The van der Waals surface area contributed by atoms with Gasteiger partial charge in [0.1, 0.15) is 5.71 Å². The predicted octanol–water partition coefficient (Wildman–Crippen LogP) is 0.152. The molecule has 66 valence electrons. The van der Waals surface area contributed by atoms with Crippen LogP contribution in [0.25, 0.3) is 10.4 Å². The van der Waals surface area contributed by atoms with Crippen molar-refractivity contribution in [3.8, 4) is 0 Å². The van der Waals surface area contributed by atoms with Crippen LogP contribution < -0.4 is 0 Å². The Kier molecular flexibility index (Phi) is 4.43. The highest BCUT2D eigenvalue weighted by atomic mass is 16.4. The molecule has 0 aliphatic carbocycles. The van der Waals surface area contributed by atoms with Crippen molar-refractivity contribution in [3.05, 3.63) is 10.4 Å². The predicted molar refractivity (Wildman–Crippen MR) is 40.0 cm³/mol. The summed E-state index contributed by atoms with van der Waals surface area (Å²) >= 11 is 0. The summed E-state index contributed by atoms with van der Waals surface area (Å²) in [5.41, 5.74) is 7.37. The van der Waals surface area contributed by atoms with E-state index in [1.165, 1.54) is 0 Å². The molecule has 0 unspecified atom stereocenters. The Morgan fingerprint density at radius 1 is 1.75 bits per heavy atom. The number of rotatable bonds is 5. The molecule has 7 heteroatoms. The van der Waals surface area contributed by atoms with E-state index in [-0.39, 0.29) is 6.42 Å². The first-order valence-electron chi connectivity index (χ1n) is 3.07. The van der Waals surface area contributed by atoms with Crippen LogP contribution in [-0.2, 0) is 4.79 Å². The Balaban J connectivity index is 4.11. The first-order chi connectivity index (χ1) is 5.61. The van der Waals surface area contributed by atoms with E-state index >= 15 is 0 Å². The first-order valence-corrected chi connectivity index (χ1v) is 3.07. The third-order valence-corrected chi connectivity index (χ3v) is 1.12. The highest BCUT2D eigenvalue weighted by Crippen LogP contribution is 1.98. The van der Waals surface area contributed by atoms with Crippen LogP contribution in [0.15, 0.2) is 5.11 Å². The van der Waals surface area contributed by atoms with Crippen molar-refractivity contribution in [2.24, 2.45) is 5.11 Å². The molecule has 0 aromatic rings. The molecule has 0 aromatic heterocycles. The van der Waals surface area contributed by atoms with E-state index in [2.05, 4.69) is 10.0 Å². The zero-order valence-corrected chi connectivity index (χ0v) is 6.14.